The maximum absolute atomic E-state index is 12.9. The van der Waals surface area contributed by atoms with Crippen LogP contribution in [0.5, 0.6) is 0 Å². The molecule has 30 heavy (non-hydrogen) atoms. The van der Waals surface area contributed by atoms with Gasteiger partial charge in [0.2, 0.25) is 5.91 Å². The number of carbonyl (C=O) groups excluding carboxylic acids is 2. The summed E-state index contributed by atoms with van der Waals surface area (Å²) in [4.78, 5) is 28.2. The average Bonchev–Trinajstić information content (AvgIpc) is 3.36. The number of carbonyl (C=O) groups is 2. The molecular formula is C20H19Cl2N3O4S. The Morgan fingerprint density at radius 3 is 2.77 bits per heavy atom. The van der Waals surface area contributed by atoms with Crippen molar-refractivity contribution in [2.45, 2.75) is 31.0 Å². The van der Waals surface area contributed by atoms with Crippen LogP contribution in [0.1, 0.15) is 34.1 Å². The van der Waals surface area contributed by atoms with Gasteiger partial charge in [-0.2, -0.15) is 0 Å². The number of nitrogens with one attached hydrogen (secondary N) is 3. The number of hydrogen-bond donors (Lipinski definition) is 5. The Morgan fingerprint density at radius 1 is 1.27 bits per heavy atom. The highest BCUT2D eigenvalue weighted by atomic mass is 35.5. The second kappa shape index (κ2) is 8.56. The van der Waals surface area contributed by atoms with Gasteiger partial charge in [-0.05, 0) is 23.6 Å². The lowest BCUT2D eigenvalue weighted by atomic mass is 10.1. The topological polar surface area (TPSA) is 114 Å². The Morgan fingerprint density at radius 2 is 2.03 bits per heavy atom. The van der Waals surface area contributed by atoms with Crippen LogP contribution < -0.4 is 10.6 Å². The zero-order valence-electron chi connectivity index (χ0n) is 15.6. The summed E-state index contributed by atoms with van der Waals surface area (Å²) >= 11 is 13.5. The van der Waals surface area contributed by atoms with Gasteiger partial charge in [0.05, 0.1) is 27.3 Å². The number of halogens is 2. The minimum absolute atomic E-state index is 0.0558. The van der Waals surface area contributed by atoms with Crippen LogP contribution in [0.3, 0.4) is 0 Å². The van der Waals surface area contributed by atoms with E-state index in [1.165, 1.54) is 11.3 Å². The predicted octanol–water partition coefficient (Wildman–Crippen LogP) is 2.79. The van der Waals surface area contributed by atoms with Gasteiger partial charge in [-0.15, -0.1) is 11.3 Å². The third-order valence-corrected chi connectivity index (χ3v) is 7.10. The van der Waals surface area contributed by atoms with Crippen LogP contribution in [0.4, 0.5) is 0 Å². The second-order valence-corrected chi connectivity index (χ2v) is 9.14. The van der Waals surface area contributed by atoms with Crippen molar-refractivity contribution in [1.29, 1.82) is 0 Å². The van der Waals surface area contributed by atoms with Crippen molar-refractivity contribution >= 4 is 56.6 Å². The average molecular weight is 468 g/mol. The molecule has 5 N–H and O–H groups in total. The van der Waals surface area contributed by atoms with Crippen LogP contribution in [0.25, 0.3) is 10.2 Å². The van der Waals surface area contributed by atoms with E-state index in [0.29, 0.717) is 27.0 Å². The van der Waals surface area contributed by atoms with Gasteiger partial charge in [0.1, 0.15) is 16.1 Å². The monoisotopic (exact) mass is 467 g/mol. The number of aromatic amines is 1. The van der Waals surface area contributed by atoms with E-state index in [1.54, 1.807) is 6.07 Å². The second-order valence-electron chi connectivity index (χ2n) is 7.11. The van der Waals surface area contributed by atoms with Gasteiger partial charge >= 0.3 is 0 Å². The summed E-state index contributed by atoms with van der Waals surface area (Å²) in [5.74, 6) is -0.926. The van der Waals surface area contributed by atoms with E-state index in [-0.39, 0.29) is 18.9 Å². The molecule has 2 aromatic heterocycles. The van der Waals surface area contributed by atoms with E-state index in [0.717, 1.165) is 15.8 Å². The maximum atomic E-state index is 12.9. The quantitative estimate of drug-likeness (QED) is 0.383. The van der Waals surface area contributed by atoms with Gasteiger partial charge in [0, 0.05) is 13.0 Å². The molecule has 2 amide bonds. The Balaban J connectivity index is 1.55. The number of fused-ring (bicyclic) bond motifs is 2. The molecule has 10 heteroatoms. The highest BCUT2D eigenvalue weighted by Crippen LogP contribution is 2.39. The minimum Gasteiger partial charge on any atom is -0.396 e. The normalized spacial score (nSPS) is 18.9. The summed E-state index contributed by atoms with van der Waals surface area (Å²) in [6, 6.07) is 8.37. The van der Waals surface area contributed by atoms with Crippen LogP contribution in [0, 0.1) is 0 Å². The Labute approximate surface area is 186 Å². The number of hydrogen-bond acceptors (Lipinski definition) is 5. The molecule has 0 bridgehead atoms. The van der Waals surface area contributed by atoms with Crippen LogP contribution >= 0.6 is 34.5 Å². The lowest BCUT2D eigenvalue weighted by Gasteiger charge is -2.24. The first kappa shape index (κ1) is 21.1. The fourth-order valence-electron chi connectivity index (χ4n) is 3.70. The van der Waals surface area contributed by atoms with Gasteiger partial charge in [0.15, 0.2) is 0 Å². The minimum atomic E-state index is -1.32. The van der Waals surface area contributed by atoms with E-state index < -0.39 is 24.1 Å². The van der Waals surface area contributed by atoms with Crippen LogP contribution in [-0.2, 0) is 11.2 Å². The van der Waals surface area contributed by atoms with Gasteiger partial charge in [0.25, 0.3) is 5.91 Å². The highest BCUT2D eigenvalue weighted by Gasteiger charge is 2.35. The van der Waals surface area contributed by atoms with E-state index in [9.17, 15) is 14.7 Å². The Bertz CT molecular complexity index is 1110. The number of aliphatic hydroxyl groups excluding tert-OH is 2. The number of thiophene rings is 1. The zero-order valence-corrected chi connectivity index (χ0v) is 17.9. The summed E-state index contributed by atoms with van der Waals surface area (Å²) in [6.07, 6.45) is -0.842. The van der Waals surface area contributed by atoms with E-state index >= 15 is 0 Å². The SMILES string of the molecule is O=C(N[C@@H]1Cc2ccccc2[C@H]1NC(=O)[C@H](O)CCO)c1cc2sc(Cl)c(Cl)c2[nH]1. The van der Waals surface area contributed by atoms with Crippen molar-refractivity contribution in [2.75, 3.05) is 6.61 Å². The third-order valence-electron chi connectivity index (χ3n) is 5.17. The molecule has 0 unspecified atom stereocenters. The molecule has 0 saturated carbocycles. The van der Waals surface area contributed by atoms with Crippen molar-refractivity contribution < 1.29 is 19.8 Å². The molecule has 3 atom stereocenters. The summed E-state index contributed by atoms with van der Waals surface area (Å²) < 4.78 is 1.24. The van der Waals surface area contributed by atoms with Gasteiger partial charge in [-0.25, -0.2) is 0 Å². The first-order valence-corrected chi connectivity index (χ1v) is 10.9. The summed E-state index contributed by atoms with van der Waals surface area (Å²) in [5.41, 5.74) is 2.85. The van der Waals surface area contributed by atoms with Gasteiger partial charge in [-0.3, -0.25) is 9.59 Å². The number of benzene rings is 1. The molecule has 3 aromatic rings. The van der Waals surface area contributed by atoms with E-state index in [4.69, 9.17) is 28.3 Å². The molecule has 7 nitrogen and oxygen atoms in total. The first-order chi connectivity index (χ1) is 14.4. The van der Waals surface area contributed by atoms with Gasteiger partial charge < -0.3 is 25.8 Å². The number of H-pyrrole nitrogens is 1. The van der Waals surface area contributed by atoms with Crippen molar-refractivity contribution in [3.63, 3.8) is 0 Å². The highest BCUT2D eigenvalue weighted by molar-refractivity contribution is 7.23. The van der Waals surface area contributed by atoms with Crippen LogP contribution in [-0.4, -0.2) is 45.8 Å². The van der Waals surface area contributed by atoms with E-state index in [1.807, 2.05) is 24.3 Å². The van der Waals surface area contributed by atoms with Crippen molar-refractivity contribution in [2.24, 2.45) is 0 Å². The van der Waals surface area contributed by atoms with Gasteiger partial charge in [-0.1, -0.05) is 47.5 Å². The standard InChI is InChI=1S/C20H19Cl2N3O4S/c21-15-17-14(30-18(15)22)8-12(23-17)19(28)24-11-7-9-3-1-2-4-10(9)16(11)25-20(29)13(27)5-6-26/h1-4,8,11,13,16,23,26-27H,5-7H2,(H,24,28)(H,25,29)/t11-,13-,16-/m1/s1. The molecule has 1 aliphatic rings. The molecular weight excluding hydrogens is 449 g/mol. The van der Waals surface area contributed by atoms with Crippen molar-refractivity contribution in [3.8, 4) is 0 Å². The number of aliphatic hydroxyl groups is 2. The van der Waals surface area contributed by atoms with Crippen molar-refractivity contribution in [3.05, 3.63) is 56.5 Å². The number of amides is 2. The molecule has 4 rings (SSSR count). The lowest BCUT2D eigenvalue weighted by Crippen LogP contribution is -2.47. The lowest BCUT2D eigenvalue weighted by molar-refractivity contribution is -0.131. The largest absolute Gasteiger partial charge is 0.396 e. The summed E-state index contributed by atoms with van der Waals surface area (Å²) in [7, 11) is 0. The molecule has 1 aromatic carbocycles. The fraction of sp³-hybridized carbons (Fsp3) is 0.300. The summed E-state index contributed by atoms with van der Waals surface area (Å²) in [6.45, 7) is -0.299. The first-order valence-electron chi connectivity index (χ1n) is 9.33. The molecule has 0 spiro atoms. The van der Waals surface area contributed by atoms with Crippen molar-refractivity contribution in [1.82, 2.24) is 15.6 Å². The zero-order chi connectivity index (χ0) is 21.4. The maximum Gasteiger partial charge on any atom is 0.268 e. The predicted molar refractivity (Wildman–Crippen MR) is 116 cm³/mol. The molecule has 158 valence electrons. The van der Waals surface area contributed by atoms with Crippen LogP contribution in [0.2, 0.25) is 9.36 Å². The number of rotatable bonds is 6. The van der Waals surface area contributed by atoms with E-state index in [2.05, 4.69) is 15.6 Å². The summed E-state index contributed by atoms with van der Waals surface area (Å²) in [5, 5.41) is 25.0. The third kappa shape index (κ3) is 3.93. The molecule has 0 fully saturated rings. The molecule has 2 heterocycles. The number of aromatic nitrogens is 1. The smallest absolute Gasteiger partial charge is 0.268 e. The molecule has 1 aliphatic carbocycles. The molecule has 0 saturated heterocycles. The molecule has 0 aliphatic heterocycles. The molecule has 0 radical (unpaired) electrons. The fourth-order valence-corrected chi connectivity index (χ4v) is 5.18. The Kier molecular flexibility index (Phi) is 6.04. The Hall–Kier alpha value is -2.10. The van der Waals surface area contributed by atoms with Crippen LogP contribution in [0.15, 0.2) is 30.3 Å².